The molecule has 0 saturated carbocycles. The Bertz CT molecular complexity index is 167. The van der Waals surface area contributed by atoms with Gasteiger partial charge in [-0.3, -0.25) is 4.90 Å². The summed E-state index contributed by atoms with van der Waals surface area (Å²) in [6, 6.07) is 0.563. The maximum Gasteiger partial charge on any atom is 0.0700 e. The summed E-state index contributed by atoms with van der Waals surface area (Å²) < 4.78 is 10.4. The number of methoxy groups -OCH3 is 1. The van der Waals surface area contributed by atoms with E-state index in [1.54, 1.807) is 7.11 Å². The van der Waals surface area contributed by atoms with Gasteiger partial charge in [-0.2, -0.15) is 0 Å². The molecule has 0 aromatic heterocycles. The maximum atomic E-state index is 5.81. The van der Waals surface area contributed by atoms with Crippen LogP contribution >= 0.6 is 0 Å². The van der Waals surface area contributed by atoms with Gasteiger partial charge in [0.1, 0.15) is 0 Å². The summed E-state index contributed by atoms with van der Waals surface area (Å²) in [5, 5.41) is 0. The largest absolute Gasteiger partial charge is 0.382 e. The molecular formula is C12H26N2O2. The van der Waals surface area contributed by atoms with E-state index in [0.29, 0.717) is 19.3 Å². The summed E-state index contributed by atoms with van der Waals surface area (Å²) in [6.45, 7) is 5.12. The van der Waals surface area contributed by atoms with Crippen LogP contribution in [0, 0.1) is 0 Å². The van der Waals surface area contributed by atoms with Crippen molar-refractivity contribution < 1.29 is 9.47 Å². The maximum absolute atomic E-state index is 5.81. The molecule has 0 aromatic carbocycles. The van der Waals surface area contributed by atoms with E-state index in [9.17, 15) is 0 Å². The molecule has 1 rings (SSSR count). The first-order valence-corrected chi connectivity index (χ1v) is 6.39. The average Bonchev–Trinajstić information content (AvgIpc) is 2.53. The number of rotatable bonds is 7. The number of likely N-dealkylation sites (tertiary alicyclic amines) is 1. The zero-order valence-corrected chi connectivity index (χ0v) is 10.5. The van der Waals surface area contributed by atoms with Crippen LogP contribution in [0.4, 0.5) is 0 Å². The summed E-state index contributed by atoms with van der Waals surface area (Å²) in [5.74, 6) is 0. The zero-order valence-electron chi connectivity index (χ0n) is 10.5. The molecule has 0 radical (unpaired) electrons. The van der Waals surface area contributed by atoms with Gasteiger partial charge >= 0.3 is 0 Å². The Hall–Kier alpha value is -0.160. The summed E-state index contributed by atoms with van der Waals surface area (Å²) in [4.78, 5) is 2.49. The van der Waals surface area contributed by atoms with Gasteiger partial charge < -0.3 is 15.2 Å². The zero-order chi connectivity index (χ0) is 11.6. The van der Waals surface area contributed by atoms with Gasteiger partial charge in [-0.25, -0.2) is 0 Å². The fourth-order valence-corrected chi connectivity index (χ4v) is 2.22. The minimum atomic E-state index is 0.563. The van der Waals surface area contributed by atoms with E-state index < -0.39 is 0 Å². The Kier molecular flexibility index (Phi) is 7.76. The van der Waals surface area contributed by atoms with Gasteiger partial charge in [-0.15, -0.1) is 0 Å². The van der Waals surface area contributed by atoms with Crippen LogP contribution < -0.4 is 5.73 Å². The van der Waals surface area contributed by atoms with Crippen LogP contribution in [-0.4, -0.2) is 57.5 Å². The fourth-order valence-electron chi connectivity index (χ4n) is 2.22. The number of hydrogen-bond acceptors (Lipinski definition) is 4. The number of hydrogen-bond donors (Lipinski definition) is 1. The average molecular weight is 230 g/mol. The van der Waals surface area contributed by atoms with Crippen molar-refractivity contribution in [2.75, 3.05) is 46.6 Å². The van der Waals surface area contributed by atoms with E-state index >= 15 is 0 Å². The molecular weight excluding hydrogens is 204 g/mol. The predicted molar refractivity (Wildman–Crippen MR) is 65.6 cm³/mol. The number of ether oxygens (including phenoxy) is 2. The molecule has 0 amide bonds. The lowest BCUT2D eigenvalue weighted by atomic mass is 10.1. The van der Waals surface area contributed by atoms with Crippen LogP contribution in [0.1, 0.15) is 25.7 Å². The van der Waals surface area contributed by atoms with Crippen molar-refractivity contribution in [3.63, 3.8) is 0 Å². The first-order chi connectivity index (χ1) is 7.88. The molecule has 4 heteroatoms. The summed E-state index contributed by atoms with van der Waals surface area (Å²) in [5.41, 5.74) is 5.81. The Balaban J connectivity index is 2.15. The lowest BCUT2D eigenvalue weighted by Gasteiger charge is -2.28. The summed E-state index contributed by atoms with van der Waals surface area (Å²) in [6.07, 6.45) is 5.21. The summed E-state index contributed by atoms with van der Waals surface area (Å²) >= 11 is 0. The van der Waals surface area contributed by atoms with Crippen LogP contribution in [0.25, 0.3) is 0 Å². The monoisotopic (exact) mass is 230 g/mol. The van der Waals surface area contributed by atoms with E-state index in [-0.39, 0.29) is 0 Å². The normalized spacial score (nSPS) is 23.2. The topological polar surface area (TPSA) is 47.7 Å². The molecule has 0 bridgehead atoms. The number of nitrogens with two attached hydrogens (primary N) is 1. The lowest BCUT2D eigenvalue weighted by Crippen LogP contribution is -2.42. The van der Waals surface area contributed by atoms with Crippen molar-refractivity contribution in [3.05, 3.63) is 0 Å². The molecule has 4 nitrogen and oxygen atoms in total. The molecule has 0 aliphatic carbocycles. The Morgan fingerprint density at radius 1 is 1.19 bits per heavy atom. The first kappa shape index (κ1) is 13.9. The third-order valence-electron chi connectivity index (χ3n) is 3.23. The molecule has 1 atom stereocenters. The lowest BCUT2D eigenvalue weighted by molar-refractivity contribution is 0.0506. The fraction of sp³-hybridized carbons (Fsp3) is 1.00. The molecule has 0 aromatic rings. The SMILES string of the molecule is COCCOCCN1CCCCCC1CN. The molecule has 1 saturated heterocycles. The van der Waals surface area contributed by atoms with E-state index in [1.165, 1.54) is 32.2 Å². The van der Waals surface area contributed by atoms with Crippen molar-refractivity contribution in [2.45, 2.75) is 31.7 Å². The molecule has 2 N–H and O–H groups in total. The van der Waals surface area contributed by atoms with Gasteiger partial charge in [0, 0.05) is 26.2 Å². The highest BCUT2D eigenvalue weighted by atomic mass is 16.5. The minimum Gasteiger partial charge on any atom is -0.382 e. The van der Waals surface area contributed by atoms with Crippen LogP contribution in [0.2, 0.25) is 0 Å². The van der Waals surface area contributed by atoms with Gasteiger partial charge in [0.05, 0.1) is 19.8 Å². The highest BCUT2D eigenvalue weighted by molar-refractivity contribution is 4.75. The Labute approximate surface area is 99.1 Å². The van der Waals surface area contributed by atoms with Crippen molar-refractivity contribution in [3.8, 4) is 0 Å². The van der Waals surface area contributed by atoms with Crippen LogP contribution in [-0.2, 0) is 9.47 Å². The molecule has 96 valence electrons. The van der Waals surface area contributed by atoms with Gasteiger partial charge in [-0.05, 0) is 19.4 Å². The van der Waals surface area contributed by atoms with Crippen molar-refractivity contribution >= 4 is 0 Å². The molecule has 1 unspecified atom stereocenters. The van der Waals surface area contributed by atoms with Gasteiger partial charge in [0.2, 0.25) is 0 Å². The predicted octanol–water partition coefficient (Wildman–Crippen LogP) is 0.853. The van der Waals surface area contributed by atoms with E-state index in [2.05, 4.69) is 4.90 Å². The quantitative estimate of drug-likeness (QED) is 0.659. The summed E-state index contributed by atoms with van der Waals surface area (Å²) in [7, 11) is 1.70. The smallest absolute Gasteiger partial charge is 0.0700 e. The van der Waals surface area contributed by atoms with Crippen molar-refractivity contribution in [2.24, 2.45) is 5.73 Å². The van der Waals surface area contributed by atoms with Gasteiger partial charge in [0.25, 0.3) is 0 Å². The molecule has 1 heterocycles. The van der Waals surface area contributed by atoms with Crippen LogP contribution in [0.5, 0.6) is 0 Å². The molecule has 1 aliphatic rings. The van der Waals surface area contributed by atoms with E-state index in [0.717, 1.165) is 19.7 Å². The van der Waals surface area contributed by atoms with Crippen LogP contribution in [0.15, 0.2) is 0 Å². The second kappa shape index (κ2) is 8.93. The minimum absolute atomic E-state index is 0.563. The third-order valence-corrected chi connectivity index (χ3v) is 3.23. The van der Waals surface area contributed by atoms with Crippen LogP contribution in [0.3, 0.4) is 0 Å². The Morgan fingerprint density at radius 3 is 2.81 bits per heavy atom. The number of nitrogens with zero attached hydrogens (tertiary/aromatic N) is 1. The molecule has 1 aliphatic heterocycles. The first-order valence-electron chi connectivity index (χ1n) is 6.39. The molecule has 16 heavy (non-hydrogen) atoms. The van der Waals surface area contributed by atoms with Crippen molar-refractivity contribution in [1.29, 1.82) is 0 Å². The second-order valence-electron chi connectivity index (χ2n) is 4.38. The molecule has 0 spiro atoms. The third kappa shape index (κ3) is 5.25. The second-order valence-corrected chi connectivity index (χ2v) is 4.38. The standard InChI is InChI=1S/C12H26N2O2/c1-15-9-10-16-8-7-14-6-4-2-3-5-12(14)11-13/h12H,2-11,13H2,1H3. The van der Waals surface area contributed by atoms with Gasteiger partial charge in [-0.1, -0.05) is 12.8 Å². The Morgan fingerprint density at radius 2 is 2.06 bits per heavy atom. The van der Waals surface area contributed by atoms with E-state index in [4.69, 9.17) is 15.2 Å². The van der Waals surface area contributed by atoms with Crippen molar-refractivity contribution in [1.82, 2.24) is 4.90 Å². The highest BCUT2D eigenvalue weighted by Crippen LogP contribution is 2.15. The molecule has 1 fully saturated rings. The van der Waals surface area contributed by atoms with Gasteiger partial charge in [0.15, 0.2) is 0 Å². The highest BCUT2D eigenvalue weighted by Gasteiger charge is 2.18. The van der Waals surface area contributed by atoms with E-state index in [1.807, 2.05) is 0 Å².